The lowest BCUT2D eigenvalue weighted by molar-refractivity contribution is 0.438. The molecule has 0 aliphatic rings. The van der Waals surface area contributed by atoms with Gasteiger partial charge in [0.1, 0.15) is 5.75 Å². The van der Waals surface area contributed by atoms with E-state index in [-0.39, 0.29) is 5.75 Å². The molecule has 0 amide bonds. The highest BCUT2D eigenvalue weighted by atomic mass is 79.9. The van der Waals surface area contributed by atoms with Crippen molar-refractivity contribution in [3.63, 3.8) is 0 Å². The van der Waals surface area contributed by atoms with E-state index >= 15 is 0 Å². The summed E-state index contributed by atoms with van der Waals surface area (Å²) in [5.74, 6) is 0.378. The highest BCUT2D eigenvalue weighted by Gasteiger charge is 2.07. The van der Waals surface area contributed by atoms with E-state index in [0.717, 1.165) is 10.0 Å². The average Bonchev–Trinajstić information content (AvgIpc) is 2.34. The lowest BCUT2D eigenvalue weighted by Gasteiger charge is -2.10. The molecule has 88 valence electrons. The molecule has 0 atom stereocenters. The second-order valence-electron chi connectivity index (χ2n) is 3.49. The van der Waals surface area contributed by atoms with Gasteiger partial charge in [0.15, 0.2) is 11.6 Å². The van der Waals surface area contributed by atoms with Crippen molar-refractivity contribution in [2.75, 3.05) is 0 Å². The fraction of sp³-hybridized carbons (Fsp3) is 0.0769. The molecule has 0 aromatic heterocycles. The normalized spacial score (nSPS) is 10.3. The second-order valence-corrected chi connectivity index (χ2v) is 4.40. The molecule has 2 N–H and O–H groups in total. The standard InChI is InChI=1S/C13H11BrFNO/c14-10-5-6-12(9(7-10)8-16)17-13-4-2-1-3-11(13)15/h1-7H,8,16H2. The first-order chi connectivity index (χ1) is 8.20. The van der Waals surface area contributed by atoms with Crippen molar-refractivity contribution in [2.24, 2.45) is 5.73 Å². The van der Waals surface area contributed by atoms with Crippen molar-refractivity contribution in [3.05, 3.63) is 58.3 Å². The van der Waals surface area contributed by atoms with E-state index in [0.29, 0.717) is 12.3 Å². The molecular weight excluding hydrogens is 285 g/mol. The minimum absolute atomic E-state index is 0.199. The molecule has 2 aromatic rings. The number of ether oxygens (including phenoxy) is 1. The zero-order chi connectivity index (χ0) is 12.3. The first-order valence-corrected chi connectivity index (χ1v) is 5.91. The Morgan fingerprint density at radius 3 is 2.59 bits per heavy atom. The first kappa shape index (κ1) is 12.1. The van der Waals surface area contributed by atoms with Gasteiger partial charge in [-0.25, -0.2) is 4.39 Å². The molecule has 0 aliphatic heterocycles. The summed E-state index contributed by atoms with van der Waals surface area (Å²) in [7, 11) is 0. The largest absolute Gasteiger partial charge is 0.454 e. The summed E-state index contributed by atoms with van der Waals surface area (Å²) < 4.78 is 19.9. The van der Waals surface area contributed by atoms with Crippen LogP contribution in [0.15, 0.2) is 46.9 Å². The van der Waals surface area contributed by atoms with E-state index in [2.05, 4.69) is 15.9 Å². The smallest absolute Gasteiger partial charge is 0.165 e. The molecule has 0 unspecified atom stereocenters. The molecule has 2 aromatic carbocycles. The van der Waals surface area contributed by atoms with Crippen LogP contribution in [-0.4, -0.2) is 0 Å². The summed E-state index contributed by atoms with van der Waals surface area (Å²) >= 11 is 3.35. The van der Waals surface area contributed by atoms with Gasteiger partial charge in [-0.2, -0.15) is 0 Å². The van der Waals surface area contributed by atoms with Gasteiger partial charge < -0.3 is 10.5 Å². The number of nitrogens with two attached hydrogens (primary N) is 1. The topological polar surface area (TPSA) is 35.2 Å². The Morgan fingerprint density at radius 1 is 1.12 bits per heavy atom. The van der Waals surface area contributed by atoms with Crippen LogP contribution in [-0.2, 0) is 6.54 Å². The molecule has 2 rings (SSSR count). The van der Waals surface area contributed by atoms with Crippen LogP contribution in [0.5, 0.6) is 11.5 Å². The van der Waals surface area contributed by atoms with Crippen molar-refractivity contribution in [1.29, 1.82) is 0 Å². The maximum atomic E-state index is 13.4. The molecule has 0 heterocycles. The van der Waals surface area contributed by atoms with Crippen molar-refractivity contribution >= 4 is 15.9 Å². The molecule has 0 aliphatic carbocycles. The summed E-state index contributed by atoms with van der Waals surface area (Å²) in [5.41, 5.74) is 6.44. The molecule has 4 heteroatoms. The van der Waals surface area contributed by atoms with Crippen molar-refractivity contribution in [1.82, 2.24) is 0 Å². The lowest BCUT2D eigenvalue weighted by Crippen LogP contribution is -2.00. The number of hydrogen-bond donors (Lipinski definition) is 1. The Bertz CT molecular complexity index is 531. The Kier molecular flexibility index (Phi) is 3.76. The van der Waals surface area contributed by atoms with Gasteiger partial charge in [0, 0.05) is 16.6 Å². The zero-order valence-electron chi connectivity index (χ0n) is 8.99. The first-order valence-electron chi connectivity index (χ1n) is 5.11. The van der Waals surface area contributed by atoms with Crippen LogP contribution in [0, 0.1) is 5.82 Å². The van der Waals surface area contributed by atoms with Crippen LogP contribution in [0.3, 0.4) is 0 Å². The number of hydrogen-bond acceptors (Lipinski definition) is 2. The van der Waals surface area contributed by atoms with Crippen LogP contribution in [0.4, 0.5) is 4.39 Å². The molecule has 0 saturated carbocycles. The van der Waals surface area contributed by atoms with Gasteiger partial charge in [-0.05, 0) is 30.3 Å². The van der Waals surface area contributed by atoms with Gasteiger partial charge in [-0.15, -0.1) is 0 Å². The summed E-state index contributed by atoms with van der Waals surface area (Å²) in [6, 6.07) is 11.7. The Morgan fingerprint density at radius 2 is 1.88 bits per heavy atom. The van der Waals surface area contributed by atoms with Crippen molar-refractivity contribution in [3.8, 4) is 11.5 Å². The van der Waals surface area contributed by atoms with E-state index < -0.39 is 5.82 Å². The minimum atomic E-state index is -0.390. The second kappa shape index (κ2) is 5.29. The zero-order valence-corrected chi connectivity index (χ0v) is 10.6. The molecule has 0 bridgehead atoms. The van der Waals surface area contributed by atoms with E-state index in [1.165, 1.54) is 6.07 Å². The number of halogens is 2. The molecule has 0 spiro atoms. The Labute approximate surface area is 107 Å². The van der Waals surface area contributed by atoms with E-state index in [1.54, 1.807) is 24.3 Å². The predicted molar refractivity (Wildman–Crippen MR) is 68.5 cm³/mol. The van der Waals surface area contributed by atoms with E-state index in [9.17, 15) is 4.39 Å². The van der Waals surface area contributed by atoms with Gasteiger partial charge in [-0.1, -0.05) is 28.1 Å². The van der Waals surface area contributed by atoms with E-state index in [4.69, 9.17) is 10.5 Å². The van der Waals surface area contributed by atoms with Gasteiger partial charge in [0.25, 0.3) is 0 Å². The molecule has 0 saturated heterocycles. The SMILES string of the molecule is NCc1cc(Br)ccc1Oc1ccccc1F. The van der Waals surface area contributed by atoms with Crippen LogP contribution >= 0.6 is 15.9 Å². The van der Waals surface area contributed by atoms with Gasteiger partial charge >= 0.3 is 0 Å². The van der Waals surface area contributed by atoms with Crippen LogP contribution in [0.2, 0.25) is 0 Å². The Balaban J connectivity index is 2.33. The highest BCUT2D eigenvalue weighted by Crippen LogP contribution is 2.29. The lowest BCUT2D eigenvalue weighted by atomic mass is 10.2. The number of benzene rings is 2. The molecule has 17 heavy (non-hydrogen) atoms. The maximum absolute atomic E-state index is 13.4. The van der Waals surface area contributed by atoms with Gasteiger partial charge in [-0.3, -0.25) is 0 Å². The minimum Gasteiger partial charge on any atom is -0.454 e. The number of rotatable bonds is 3. The van der Waals surface area contributed by atoms with Crippen LogP contribution in [0.25, 0.3) is 0 Å². The average molecular weight is 296 g/mol. The maximum Gasteiger partial charge on any atom is 0.165 e. The third-order valence-corrected chi connectivity index (χ3v) is 2.79. The summed E-state index contributed by atoms with van der Waals surface area (Å²) in [6.07, 6.45) is 0. The fourth-order valence-corrected chi connectivity index (χ4v) is 1.86. The molecule has 0 radical (unpaired) electrons. The van der Waals surface area contributed by atoms with Gasteiger partial charge in [0.05, 0.1) is 0 Å². The summed E-state index contributed by atoms with van der Waals surface area (Å²) in [6.45, 7) is 0.337. The molecule has 2 nitrogen and oxygen atoms in total. The Hall–Kier alpha value is -1.39. The van der Waals surface area contributed by atoms with Gasteiger partial charge in [0.2, 0.25) is 0 Å². The quantitative estimate of drug-likeness (QED) is 0.934. The summed E-state index contributed by atoms with van der Waals surface area (Å²) in [5, 5.41) is 0. The fourth-order valence-electron chi connectivity index (χ4n) is 1.45. The van der Waals surface area contributed by atoms with Crippen molar-refractivity contribution in [2.45, 2.75) is 6.54 Å². The number of para-hydroxylation sites is 1. The van der Waals surface area contributed by atoms with Crippen LogP contribution in [0.1, 0.15) is 5.56 Å². The van der Waals surface area contributed by atoms with Crippen molar-refractivity contribution < 1.29 is 9.13 Å². The predicted octanol–water partition coefficient (Wildman–Crippen LogP) is 3.84. The third-order valence-electron chi connectivity index (χ3n) is 2.30. The third kappa shape index (κ3) is 2.84. The van der Waals surface area contributed by atoms with Crippen LogP contribution < -0.4 is 10.5 Å². The summed E-state index contributed by atoms with van der Waals surface area (Å²) in [4.78, 5) is 0. The molecular formula is C13H11BrFNO. The van der Waals surface area contributed by atoms with E-state index in [1.807, 2.05) is 12.1 Å². The highest BCUT2D eigenvalue weighted by molar-refractivity contribution is 9.10. The molecule has 0 fully saturated rings. The monoisotopic (exact) mass is 295 g/mol.